The van der Waals surface area contributed by atoms with E-state index in [-0.39, 0.29) is 4.90 Å². The number of sulfonamides is 1. The molecule has 0 heterocycles. The average molecular weight is 267 g/mol. The molecule has 6 heteroatoms. The van der Waals surface area contributed by atoms with Crippen molar-refractivity contribution in [2.24, 2.45) is 10.7 Å². The molecule has 0 aliphatic heterocycles. The molecule has 98 valence electrons. The minimum atomic E-state index is -3.56. The fraction of sp³-hybridized carbons (Fsp3) is 0.250. The van der Waals surface area contributed by atoms with Crippen molar-refractivity contribution in [1.82, 2.24) is 4.72 Å². The van der Waals surface area contributed by atoms with Crippen molar-refractivity contribution in [3.8, 4) is 0 Å². The van der Waals surface area contributed by atoms with Gasteiger partial charge in [0.2, 0.25) is 0 Å². The van der Waals surface area contributed by atoms with Crippen molar-refractivity contribution in [1.29, 1.82) is 0 Å². The van der Waals surface area contributed by atoms with Gasteiger partial charge in [-0.2, -0.15) is 0 Å². The van der Waals surface area contributed by atoms with Gasteiger partial charge in [0.05, 0.1) is 4.90 Å². The van der Waals surface area contributed by atoms with Gasteiger partial charge in [-0.05, 0) is 26.0 Å². The maximum absolute atomic E-state index is 11.9. The molecule has 0 bridgehead atoms. The number of aryl methyl sites for hydroxylation is 1. The predicted molar refractivity (Wildman–Crippen MR) is 72.8 cm³/mol. The van der Waals surface area contributed by atoms with Crippen LogP contribution in [0.2, 0.25) is 0 Å². The minimum absolute atomic E-state index is 0.213. The lowest BCUT2D eigenvalue weighted by molar-refractivity contribution is 0.592. The highest BCUT2D eigenvalue weighted by molar-refractivity contribution is 7.90. The van der Waals surface area contributed by atoms with Gasteiger partial charge < -0.3 is 5.73 Å². The Labute approximate surface area is 107 Å². The smallest absolute Gasteiger partial charge is 0.262 e. The molecule has 18 heavy (non-hydrogen) atoms. The highest BCUT2D eigenvalue weighted by atomic mass is 32.2. The molecule has 1 aromatic rings. The number of rotatable bonds is 4. The van der Waals surface area contributed by atoms with E-state index in [1.54, 1.807) is 37.3 Å². The second-order valence-corrected chi connectivity index (χ2v) is 5.44. The predicted octanol–water partition coefficient (Wildman–Crippen LogP) is 1.16. The van der Waals surface area contributed by atoms with Gasteiger partial charge in [-0.15, -0.1) is 0 Å². The monoisotopic (exact) mass is 267 g/mol. The Hall–Kier alpha value is -1.66. The number of benzene rings is 1. The second kappa shape index (κ2) is 6.32. The van der Waals surface area contributed by atoms with Crippen LogP contribution in [0.1, 0.15) is 12.5 Å². The average Bonchev–Trinajstić information content (AvgIpc) is 2.29. The standard InChI is InChI=1S/C12H17N3O2S/c1-10-4-6-12(7-5-10)18(16,17)15-11(2)14-9-3-8-13/h3-7,9H,8,13H2,1-2H3,(H,14,15)/b9-3-. The van der Waals surface area contributed by atoms with Crippen molar-refractivity contribution >= 4 is 15.9 Å². The highest BCUT2D eigenvalue weighted by Crippen LogP contribution is 2.09. The van der Waals surface area contributed by atoms with Crippen molar-refractivity contribution in [2.45, 2.75) is 18.7 Å². The molecule has 0 aliphatic rings. The Morgan fingerprint density at radius 2 is 2.00 bits per heavy atom. The van der Waals surface area contributed by atoms with E-state index in [1.807, 2.05) is 6.92 Å². The van der Waals surface area contributed by atoms with E-state index in [9.17, 15) is 8.42 Å². The van der Waals surface area contributed by atoms with E-state index in [1.165, 1.54) is 6.20 Å². The van der Waals surface area contributed by atoms with E-state index >= 15 is 0 Å². The number of amidine groups is 1. The Balaban J connectivity index is 2.85. The normalized spacial score (nSPS) is 12.9. The van der Waals surface area contributed by atoms with Crippen LogP contribution < -0.4 is 10.5 Å². The number of nitrogens with two attached hydrogens (primary N) is 1. The topological polar surface area (TPSA) is 84.5 Å². The zero-order valence-electron chi connectivity index (χ0n) is 10.4. The van der Waals surface area contributed by atoms with Gasteiger partial charge in [0.1, 0.15) is 5.84 Å². The molecule has 0 radical (unpaired) electrons. The third-order valence-corrected chi connectivity index (χ3v) is 3.58. The zero-order valence-corrected chi connectivity index (χ0v) is 11.2. The summed E-state index contributed by atoms with van der Waals surface area (Å²) in [6.07, 6.45) is 3.09. The minimum Gasteiger partial charge on any atom is -0.327 e. The molecule has 0 aromatic heterocycles. The molecular weight excluding hydrogens is 250 g/mol. The molecule has 0 fully saturated rings. The van der Waals surface area contributed by atoms with Crippen LogP contribution in [0.15, 0.2) is 46.4 Å². The Morgan fingerprint density at radius 1 is 1.39 bits per heavy atom. The van der Waals surface area contributed by atoms with Crippen LogP contribution in [-0.2, 0) is 10.0 Å². The van der Waals surface area contributed by atoms with Gasteiger partial charge >= 0.3 is 0 Å². The van der Waals surface area contributed by atoms with Crippen LogP contribution in [0.3, 0.4) is 0 Å². The molecule has 0 aliphatic carbocycles. The first kappa shape index (κ1) is 14.4. The number of aliphatic imine (C=N–C) groups is 1. The summed E-state index contributed by atoms with van der Waals surface area (Å²) >= 11 is 0. The molecule has 3 N–H and O–H groups in total. The van der Waals surface area contributed by atoms with Crippen molar-refractivity contribution in [3.63, 3.8) is 0 Å². The van der Waals surface area contributed by atoms with Crippen LogP contribution in [0.5, 0.6) is 0 Å². The van der Waals surface area contributed by atoms with Crippen LogP contribution >= 0.6 is 0 Å². The van der Waals surface area contributed by atoms with Gasteiger partial charge in [-0.25, -0.2) is 13.4 Å². The first-order chi connectivity index (χ1) is 8.45. The summed E-state index contributed by atoms with van der Waals surface area (Å²) in [6, 6.07) is 6.60. The molecule has 0 saturated heterocycles. The summed E-state index contributed by atoms with van der Waals surface area (Å²) < 4.78 is 26.3. The Bertz CT molecular complexity index is 545. The van der Waals surface area contributed by atoms with Gasteiger partial charge in [-0.1, -0.05) is 23.8 Å². The number of nitrogens with one attached hydrogen (secondary N) is 1. The van der Waals surface area contributed by atoms with Crippen LogP contribution in [0.4, 0.5) is 0 Å². The third kappa shape index (κ3) is 4.31. The zero-order chi connectivity index (χ0) is 13.6. The summed E-state index contributed by atoms with van der Waals surface area (Å²) in [7, 11) is -3.56. The fourth-order valence-corrected chi connectivity index (χ4v) is 2.28. The molecule has 0 spiro atoms. The Morgan fingerprint density at radius 3 is 2.56 bits per heavy atom. The summed E-state index contributed by atoms with van der Waals surface area (Å²) in [4.78, 5) is 4.12. The Kier molecular flexibility index (Phi) is 5.06. The summed E-state index contributed by atoms with van der Waals surface area (Å²) in [5, 5.41) is 0. The lowest BCUT2D eigenvalue weighted by atomic mass is 10.2. The molecule has 1 aromatic carbocycles. The third-order valence-electron chi connectivity index (χ3n) is 2.12. The molecule has 0 amide bonds. The van der Waals surface area contributed by atoms with E-state index in [0.29, 0.717) is 12.4 Å². The molecule has 1 rings (SSSR count). The lowest BCUT2D eigenvalue weighted by Gasteiger charge is -2.06. The summed E-state index contributed by atoms with van der Waals surface area (Å²) in [6.45, 7) is 3.84. The first-order valence-corrected chi connectivity index (χ1v) is 6.93. The SMILES string of the molecule is C/C(=N\C=C/CN)NS(=O)(=O)c1ccc(C)cc1. The van der Waals surface area contributed by atoms with Crippen LogP contribution in [0, 0.1) is 6.92 Å². The molecular formula is C12H17N3O2S. The summed E-state index contributed by atoms with van der Waals surface area (Å²) in [5.74, 6) is 0.292. The molecule has 5 nitrogen and oxygen atoms in total. The number of hydrogen-bond donors (Lipinski definition) is 2. The van der Waals surface area contributed by atoms with E-state index < -0.39 is 10.0 Å². The van der Waals surface area contributed by atoms with E-state index in [0.717, 1.165) is 5.56 Å². The van der Waals surface area contributed by atoms with Gasteiger partial charge in [0.25, 0.3) is 10.0 Å². The number of nitrogens with zero attached hydrogens (tertiary/aromatic N) is 1. The van der Waals surface area contributed by atoms with Gasteiger partial charge in [0.15, 0.2) is 0 Å². The maximum Gasteiger partial charge on any atom is 0.262 e. The summed E-state index contributed by atoms with van der Waals surface area (Å²) in [5.41, 5.74) is 6.26. The molecule has 0 unspecified atom stereocenters. The first-order valence-electron chi connectivity index (χ1n) is 5.44. The second-order valence-electron chi connectivity index (χ2n) is 3.75. The van der Waals surface area contributed by atoms with Crippen LogP contribution in [-0.4, -0.2) is 20.8 Å². The fourth-order valence-electron chi connectivity index (χ4n) is 1.22. The van der Waals surface area contributed by atoms with Gasteiger partial charge in [0, 0.05) is 12.7 Å². The van der Waals surface area contributed by atoms with Crippen molar-refractivity contribution in [2.75, 3.05) is 6.54 Å². The van der Waals surface area contributed by atoms with Crippen molar-refractivity contribution in [3.05, 3.63) is 42.1 Å². The quantitative estimate of drug-likeness (QED) is 0.634. The van der Waals surface area contributed by atoms with Gasteiger partial charge in [-0.3, -0.25) is 4.72 Å². The maximum atomic E-state index is 11.9. The highest BCUT2D eigenvalue weighted by Gasteiger charge is 2.13. The van der Waals surface area contributed by atoms with Crippen LogP contribution in [0.25, 0.3) is 0 Å². The largest absolute Gasteiger partial charge is 0.327 e. The number of hydrogen-bond acceptors (Lipinski definition) is 4. The molecule has 0 atom stereocenters. The van der Waals surface area contributed by atoms with E-state index in [2.05, 4.69) is 9.71 Å². The van der Waals surface area contributed by atoms with Crippen molar-refractivity contribution < 1.29 is 8.42 Å². The lowest BCUT2D eigenvalue weighted by Crippen LogP contribution is -2.28. The molecule has 0 saturated carbocycles. The van der Waals surface area contributed by atoms with E-state index in [4.69, 9.17) is 5.73 Å².